The fourth-order valence-corrected chi connectivity index (χ4v) is 5.09. The highest BCUT2D eigenvalue weighted by Crippen LogP contribution is 2.34. The molecule has 170 valence electrons. The first-order valence-corrected chi connectivity index (χ1v) is 11.7. The molecule has 2 fully saturated rings. The van der Waals surface area contributed by atoms with Gasteiger partial charge in [0.25, 0.3) is 5.56 Å². The maximum atomic E-state index is 13.1. The predicted octanol–water partition coefficient (Wildman–Crippen LogP) is 3.28. The molecule has 5 rings (SSSR count). The number of rotatable bonds is 6. The van der Waals surface area contributed by atoms with Gasteiger partial charge >= 0.3 is 0 Å². The molecule has 3 aromatic rings. The zero-order valence-electron chi connectivity index (χ0n) is 18.2. The summed E-state index contributed by atoms with van der Waals surface area (Å²) in [6.45, 7) is 5.44. The minimum absolute atomic E-state index is 0.252. The van der Waals surface area contributed by atoms with Crippen molar-refractivity contribution in [3.05, 3.63) is 34.6 Å². The molecule has 1 aromatic carbocycles. The fraction of sp³-hybridized carbons (Fsp3) is 0.500. The van der Waals surface area contributed by atoms with Gasteiger partial charge in [-0.1, -0.05) is 12.1 Å². The van der Waals surface area contributed by atoms with Crippen LogP contribution in [0.15, 0.2) is 29.1 Å². The van der Waals surface area contributed by atoms with Crippen LogP contribution in [0.5, 0.6) is 0 Å². The van der Waals surface area contributed by atoms with Crippen molar-refractivity contribution in [3.8, 4) is 10.6 Å². The molecular formula is C22H27N5O4S. The number of nitrogens with one attached hydrogen (secondary N) is 3. The number of benzene rings is 1. The van der Waals surface area contributed by atoms with E-state index in [1.54, 1.807) is 13.8 Å². The van der Waals surface area contributed by atoms with E-state index in [1.807, 2.05) is 31.2 Å². The van der Waals surface area contributed by atoms with E-state index in [0.717, 1.165) is 29.5 Å². The maximum absolute atomic E-state index is 13.1. The van der Waals surface area contributed by atoms with Gasteiger partial charge in [-0.05, 0) is 52.2 Å². The van der Waals surface area contributed by atoms with Gasteiger partial charge in [-0.25, -0.2) is 4.98 Å². The zero-order valence-corrected chi connectivity index (χ0v) is 19.0. The number of thiazole rings is 1. The molecule has 32 heavy (non-hydrogen) atoms. The lowest BCUT2D eigenvalue weighted by atomic mass is 9.93. The summed E-state index contributed by atoms with van der Waals surface area (Å²) in [6, 6.07) is 7.99. The Labute approximate surface area is 189 Å². The lowest BCUT2D eigenvalue weighted by molar-refractivity contribution is -0.152. The minimum Gasteiger partial charge on any atom is -0.371 e. The van der Waals surface area contributed by atoms with Gasteiger partial charge in [0.1, 0.15) is 22.5 Å². The highest BCUT2D eigenvalue weighted by Gasteiger charge is 2.43. The second-order valence-electron chi connectivity index (χ2n) is 8.79. The third-order valence-electron chi connectivity index (χ3n) is 5.82. The van der Waals surface area contributed by atoms with Crippen LogP contribution in [0.2, 0.25) is 0 Å². The molecule has 0 spiro atoms. The van der Waals surface area contributed by atoms with Gasteiger partial charge in [0.05, 0.1) is 16.3 Å². The van der Waals surface area contributed by atoms with Crippen LogP contribution in [0.25, 0.3) is 20.8 Å². The number of hydrogen-bond donors (Lipinski definition) is 4. The van der Waals surface area contributed by atoms with Crippen LogP contribution in [-0.4, -0.2) is 50.3 Å². The van der Waals surface area contributed by atoms with Gasteiger partial charge in [-0.15, -0.1) is 11.3 Å². The van der Waals surface area contributed by atoms with Gasteiger partial charge in [-0.3, -0.25) is 9.78 Å². The summed E-state index contributed by atoms with van der Waals surface area (Å²) in [5.41, 5.74) is 0.765. The number of hydrogen-bond acceptors (Lipinski definition) is 9. The van der Waals surface area contributed by atoms with Crippen LogP contribution in [0.3, 0.4) is 0 Å². The van der Waals surface area contributed by atoms with Crippen LogP contribution in [0.4, 0.5) is 11.8 Å². The quantitative estimate of drug-likeness (QED) is 0.416. The van der Waals surface area contributed by atoms with Gasteiger partial charge in [0.15, 0.2) is 12.0 Å². The second-order valence-corrected chi connectivity index (χ2v) is 9.82. The molecule has 4 N–H and O–H groups in total. The standard InChI is InChI=1S/C22H27N5O4S/c1-11-16(31-22(2,3)30-11)19(29)25-17-15(20-24-13-9-4-5-10-14(13)32-20)18(28)27-21(26-17)23-12-7-6-8-12/h4-5,9-12,16,19,29H,6-8H2,1-3H3,(H3,23,25,26,27,28)/t11-,16-,19?/m0/s1. The molecule has 0 radical (unpaired) electrons. The second kappa shape index (κ2) is 8.11. The molecule has 1 saturated carbocycles. The lowest BCUT2D eigenvalue weighted by Crippen LogP contribution is -2.40. The molecule has 1 aliphatic heterocycles. The van der Waals surface area contributed by atoms with Crippen molar-refractivity contribution in [1.82, 2.24) is 15.0 Å². The maximum Gasteiger partial charge on any atom is 0.264 e. The monoisotopic (exact) mass is 457 g/mol. The Bertz CT molecular complexity index is 1160. The number of anilines is 2. The zero-order chi connectivity index (χ0) is 22.5. The van der Waals surface area contributed by atoms with E-state index in [4.69, 9.17) is 9.47 Å². The molecule has 1 saturated heterocycles. The molecule has 3 heterocycles. The minimum atomic E-state index is -1.13. The summed E-state index contributed by atoms with van der Waals surface area (Å²) in [4.78, 5) is 25.2. The van der Waals surface area contributed by atoms with Crippen molar-refractivity contribution >= 4 is 33.3 Å². The number of para-hydroxylation sites is 1. The topological polar surface area (TPSA) is 121 Å². The van der Waals surface area contributed by atoms with Crippen molar-refractivity contribution in [1.29, 1.82) is 0 Å². The smallest absolute Gasteiger partial charge is 0.264 e. The summed E-state index contributed by atoms with van der Waals surface area (Å²) in [6.07, 6.45) is 1.13. The van der Waals surface area contributed by atoms with Crippen LogP contribution < -0.4 is 16.2 Å². The fourth-order valence-electron chi connectivity index (χ4n) is 4.08. The van der Waals surface area contributed by atoms with E-state index in [2.05, 4.69) is 25.6 Å². The van der Waals surface area contributed by atoms with Gasteiger partial charge in [0, 0.05) is 6.04 Å². The van der Waals surface area contributed by atoms with Crippen LogP contribution in [-0.2, 0) is 9.47 Å². The molecule has 2 aromatic heterocycles. The average molecular weight is 458 g/mol. The van der Waals surface area contributed by atoms with E-state index in [9.17, 15) is 9.90 Å². The molecule has 2 aliphatic rings. The number of ether oxygens (including phenoxy) is 2. The largest absolute Gasteiger partial charge is 0.371 e. The Morgan fingerprint density at radius 2 is 2.03 bits per heavy atom. The van der Waals surface area contributed by atoms with Gasteiger partial charge < -0.3 is 25.2 Å². The summed E-state index contributed by atoms with van der Waals surface area (Å²) in [5, 5.41) is 17.7. The summed E-state index contributed by atoms with van der Waals surface area (Å²) in [7, 11) is 0. The number of fused-ring (bicyclic) bond motifs is 1. The molecule has 3 atom stereocenters. The highest BCUT2D eigenvalue weighted by atomic mass is 32.1. The average Bonchev–Trinajstić information content (AvgIpc) is 3.23. The van der Waals surface area contributed by atoms with Crippen molar-refractivity contribution in [2.45, 2.75) is 70.3 Å². The molecular weight excluding hydrogens is 430 g/mol. The Morgan fingerprint density at radius 1 is 1.25 bits per heavy atom. The summed E-state index contributed by atoms with van der Waals surface area (Å²) >= 11 is 1.40. The van der Waals surface area contributed by atoms with E-state index in [1.165, 1.54) is 11.3 Å². The predicted molar refractivity (Wildman–Crippen MR) is 124 cm³/mol. The third kappa shape index (κ3) is 4.11. The Balaban J connectivity index is 1.52. The van der Waals surface area contributed by atoms with E-state index < -0.39 is 18.1 Å². The number of aromatic amines is 1. The van der Waals surface area contributed by atoms with E-state index in [-0.39, 0.29) is 29.1 Å². The van der Waals surface area contributed by atoms with Crippen molar-refractivity contribution in [3.63, 3.8) is 0 Å². The first-order chi connectivity index (χ1) is 15.3. The van der Waals surface area contributed by atoms with Crippen molar-refractivity contribution in [2.75, 3.05) is 10.6 Å². The number of nitrogens with zero attached hydrogens (tertiary/aromatic N) is 2. The van der Waals surface area contributed by atoms with E-state index in [0.29, 0.717) is 11.0 Å². The number of aliphatic hydroxyl groups excluding tert-OH is 1. The number of aliphatic hydroxyl groups is 1. The highest BCUT2D eigenvalue weighted by molar-refractivity contribution is 7.21. The number of aromatic nitrogens is 3. The molecule has 9 nitrogen and oxygen atoms in total. The van der Waals surface area contributed by atoms with Gasteiger partial charge in [-0.2, -0.15) is 4.98 Å². The van der Waals surface area contributed by atoms with Crippen molar-refractivity contribution in [2.24, 2.45) is 0 Å². The molecule has 1 aliphatic carbocycles. The Morgan fingerprint density at radius 3 is 2.69 bits per heavy atom. The summed E-state index contributed by atoms with van der Waals surface area (Å²) in [5.74, 6) is -0.180. The van der Waals surface area contributed by atoms with Crippen LogP contribution in [0.1, 0.15) is 40.0 Å². The third-order valence-corrected chi connectivity index (χ3v) is 6.88. The van der Waals surface area contributed by atoms with Crippen molar-refractivity contribution < 1.29 is 14.6 Å². The molecule has 1 unspecified atom stereocenters. The normalized spacial score (nSPS) is 23.8. The SMILES string of the molecule is C[C@@H]1OC(C)(C)O[C@@H]1C(O)Nc1nc(NC2CCC2)[nH]c(=O)c1-c1nc2ccccc2s1. The molecule has 10 heteroatoms. The van der Waals surface area contributed by atoms with E-state index >= 15 is 0 Å². The van der Waals surface area contributed by atoms with Gasteiger partial charge in [0.2, 0.25) is 5.95 Å². The number of H-pyrrole nitrogens is 1. The summed E-state index contributed by atoms with van der Waals surface area (Å²) < 4.78 is 12.6. The van der Waals surface area contributed by atoms with Crippen LogP contribution in [0, 0.1) is 0 Å². The van der Waals surface area contributed by atoms with Crippen LogP contribution >= 0.6 is 11.3 Å². The Hall–Kier alpha value is -2.53. The first kappa shape index (κ1) is 21.3. The lowest BCUT2D eigenvalue weighted by Gasteiger charge is -2.27. The molecule has 0 amide bonds. The Kier molecular flexibility index (Phi) is 5.40. The molecule has 0 bridgehead atoms. The first-order valence-electron chi connectivity index (χ1n) is 10.9.